The molecule has 2 N–H and O–H groups in total. The van der Waals surface area contributed by atoms with Crippen molar-refractivity contribution >= 4 is 23.1 Å². The maximum Gasteiger partial charge on any atom is 0.134 e. The molecule has 0 saturated heterocycles. The van der Waals surface area contributed by atoms with E-state index in [9.17, 15) is 0 Å². The fourth-order valence-corrected chi connectivity index (χ4v) is 4.18. The summed E-state index contributed by atoms with van der Waals surface area (Å²) in [5, 5.41) is 7.69. The van der Waals surface area contributed by atoms with Crippen LogP contribution in [0.1, 0.15) is 29.2 Å². The third kappa shape index (κ3) is 4.55. The molecule has 3 aromatic carbocycles. The summed E-state index contributed by atoms with van der Waals surface area (Å²) in [5.41, 5.74) is 11.5. The SMILES string of the molecule is Cc1cccc(CN=C(CN)N2CC(C)(c3ccccc3)C(c3ccc(Cl)cc3)=N2)c1. The van der Waals surface area contributed by atoms with Crippen molar-refractivity contribution in [2.75, 3.05) is 13.1 Å². The van der Waals surface area contributed by atoms with Gasteiger partial charge in [-0.3, -0.25) is 4.99 Å². The summed E-state index contributed by atoms with van der Waals surface area (Å²) in [6, 6.07) is 26.7. The molecule has 0 radical (unpaired) electrons. The van der Waals surface area contributed by atoms with E-state index in [4.69, 9.17) is 27.4 Å². The van der Waals surface area contributed by atoms with Gasteiger partial charge in [-0.2, -0.15) is 5.10 Å². The molecule has 0 spiro atoms. The Labute approximate surface area is 189 Å². The number of hydrazone groups is 1. The van der Waals surface area contributed by atoms with Crippen molar-refractivity contribution < 1.29 is 0 Å². The van der Waals surface area contributed by atoms with Crippen molar-refractivity contribution in [1.82, 2.24) is 5.01 Å². The van der Waals surface area contributed by atoms with Gasteiger partial charge in [-0.25, -0.2) is 5.01 Å². The van der Waals surface area contributed by atoms with E-state index in [2.05, 4.69) is 62.4 Å². The second-order valence-electron chi connectivity index (χ2n) is 8.14. The first-order valence-electron chi connectivity index (χ1n) is 10.5. The van der Waals surface area contributed by atoms with Gasteiger partial charge in [0.15, 0.2) is 0 Å². The van der Waals surface area contributed by atoms with Gasteiger partial charge >= 0.3 is 0 Å². The van der Waals surface area contributed by atoms with E-state index in [0.29, 0.717) is 24.7 Å². The number of halogens is 1. The zero-order valence-corrected chi connectivity index (χ0v) is 18.7. The van der Waals surface area contributed by atoms with Crippen LogP contribution in [0.5, 0.6) is 0 Å². The first-order valence-corrected chi connectivity index (χ1v) is 10.8. The maximum absolute atomic E-state index is 6.13. The zero-order valence-electron chi connectivity index (χ0n) is 17.9. The van der Waals surface area contributed by atoms with Crippen molar-refractivity contribution in [3.05, 3.63) is 106 Å². The lowest BCUT2D eigenvalue weighted by atomic mass is 9.76. The molecule has 0 amide bonds. The minimum Gasteiger partial charge on any atom is -0.324 e. The second kappa shape index (κ2) is 9.04. The van der Waals surface area contributed by atoms with Crippen LogP contribution in [-0.4, -0.2) is 29.6 Å². The Kier molecular flexibility index (Phi) is 6.21. The van der Waals surface area contributed by atoms with Gasteiger partial charge in [0.1, 0.15) is 5.84 Å². The number of nitrogens with zero attached hydrogens (tertiary/aromatic N) is 3. The maximum atomic E-state index is 6.13. The number of nitrogens with two attached hydrogens (primary N) is 1. The number of aliphatic imine (C=N–C) groups is 1. The molecule has 5 heteroatoms. The highest BCUT2D eigenvalue weighted by molar-refractivity contribution is 6.30. The third-order valence-electron chi connectivity index (χ3n) is 5.75. The standard InChI is InChI=1S/C26H27ClN4/c1-19-7-6-8-20(15-19)17-29-24(16-28)31-18-26(2,22-9-4-3-5-10-22)25(30-31)21-11-13-23(27)14-12-21/h3-15H,16-18,28H2,1-2H3. The number of hydrogen-bond acceptors (Lipinski definition) is 3. The van der Waals surface area contributed by atoms with Gasteiger partial charge in [0, 0.05) is 5.02 Å². The summed E-state index contributed by atoms with van der Waals surface area (Å²) >= 11 is 6.13. The summed E-state index contributed by atoms with van der Waals surface area (Å²) in [7, 11) is 0. The first kappa shape index (κ1) is 21.3. The van der Waals surface area contributed by atoms with Gasteiger partial charge in [-0.1, -0.05) is 83.9 Å². The molecule has 0 aromatic heterocycles. The highest BCUT2D eigenvalue weighted by atomic mass is 35.5. The average molecular weight is 431 g/mol. The minimum absolute atomic E-state index is 0.297. The van der Waals surface area contributed by atoms with E-state index in [1.807, 2.05) is 35.3 Å². The Morgan fingerprint density at radius 1 is 1.06 bits per heavy atom. The van der Waals surface area contributed by atoms with Crippen LogP contribution in [0.2, 0.25) is 5.02 Å². The Morgan fingerprint density at radius 3 is 2.48 bits per heavy atom. The third-order valence-corrected chi connectivity index (χ3v) is 6.00. The van der Waals surface area contributed by atoms with Gasteiger partial charge in [0.2, 0.25) is 0 Å². The largest absolute Gasteiger partial charge is 0.324 e. The molecule has 3 aromatic rings. The molecule has 4 nitrogen and oxygen atoms in total. The monoisotopic (exact) mass is 430 g/mol. The van der Waals surface area contributed by atoms with Crippen molar-refractivity contribution in [1.29, 1.82) is 0 Å². The van der Waals surface area contributed by atoms with Crippen LogP contribution in [0.4, 0.5) is 0 Å². The molecule has 0 fully saturated rings. The van der Waals surface area contributed by atoms with Crippen molar-refractivity contribution in [2.24, 2.45) is 15.8 Å². The quantitative estimate of drug-likeness (QED) is 0.447. The summed E-state index contributed by atoms with van der Waals surface area (Å²) in [4.78, 5) is 4.83. The van der Waals surface area contributed by atoms with Gasteiger partial charge < -0.3 is 5.73 Å². The van der Waals surface area contributed by atoms with Crippen LogP contribution in [0.3, 0.4) is 0 Å². The molecule has 1 atom stereocenters. The highest BCUT2D eigenvalue weighted by Gasteiger charge is 2.41. The van der Waals surface area contributed by atoms with Gasteiger partial charge in [0.05, 0.1) is 30.8 Å². The van der Waals surface area contributed by atoms with E-state index < -0.39 is 0 Å². The first-order chi connectivity index (χ1) is 15.0. The lowest BCUT2D eigenvalue weighted by Crippen LogP contribution is -2.39. The number of hydrogen-bond donors (Lipinski definition) is 1. The molecular weight excluding hydrogens is 404 g/mol. The molecular formula is C26H27ClN4. The van der Waals surface area contributed by atoms with Crippen molar-refractivity contribution in [3.8, 4) is 0 Å². The Hall–Kier alpha value is -2.95. The normalized spacial score (nSPS) is 18.9. The fourth-order valence-electron chi connectivity index (χ4n) is 4.05. The summed E-state index contributed by atoms with van der Waals surface area (Å²) in [6.07, 6.45) is 0. The lowest BCUT2D eigenvalue weighted by molar-refractivity contribution is 0.421. The van der Waals surface area contributed by atoms with Crippen LogP contribution < -0.4 is 5.73 Å². The van der Waals surface area contributed by atoms with Crippen LogP contribution >= 0.6 is 11.6 Å². The number of rotatable bonds is 5. The molecule has 4 rings (SSSR count). The van der Waals surface area contributed by atoms with E-state index >= 15 is 0 Å². The van der Waals surface area contributed by atoms with Crippen LogP contribution in [-0.2, 0) is 12.0 Å². The molecule has 0 aliphatic carbocycles. The van der Waals surface area contributed by atoms with Gasteiger partial charge in [-0.05, 0) is 42.7 Å². The predicted octanol–water partition coefficient (Wildman–Crippen LogP) is 5.18. The summed E-state index contributed by atoms with van der Waals surface area (Å²) < 4.78 is 0. The number of amidine groups is 1. The number of aryl methyl sites for hydroxylation is 1. The minimum atomic E-state index is -0.297. The second-order valence-corrected chi connectivity index (χ2v) is 8.57. The van der Waals surface area contributed by atoms with E-state index in [1.165, 1.54) is 11.1 Å². The fraction of sp³-hybridized carbons (Fsp3) is 0.231. The summed E-state index contributed by atoms with van der Waals surface area (Å²) in [6.45, 7) is 5.90. The molecule has 158 valence electrons. The average Bonchev–Trinajstić information content (AvgIpc) is 3.14. The molecule has 1 aliphatic heterocycles. The molecule has 1 aliphatic rings. The van der Waals surface area contributed by atoms with Crippen molar-refractivity contribution in [2.45, 2.75) is 25.8 Å². The topological polar surface area (TPSA) is 54.0 Å². The Morgan fingerprint density at radius 2 is 1.81 bits per heavy atom. The van der Waals surface area contributed by atoms with Crippen LogP contribution in [0.25, 0.3) is 0 Å². The van der Waals surface area contributed by atoms with Crippen LogP contribution in [0, 0.1) is 6.92 Å². The van der Waals surface area contributed by atoms with Crippen LogP contribution in [0.15, 0.2) is 89.0 Å². The van der Waals surface area contributed by atoms with E-state index in [-0.39, 0.29) is 5.41 Å². The van der Waals surface area contributed by atoms with E-state index in [1.54, 1.807) is 0 Å². The van der Waals surface area contributed by atoms with Gasteiger partial charge in [0.25, 0.3) is 0 Å². The number of benzene rings is 3. The molecule has 31 heavy (non-hydrogen) atoms. The molecule has 1 unspecified atom stereocenters. The zero-order chi connectivity index (χ0) is 21.8. The molecule has 1 heterocycles. The smallest absolute Gasteiger partial charge is 0.134 e. The predicted molar refractivity (Wildman–Crippen MR) is 130 cm³/mol. The van der Waals surface area contributed by atoms with E-state index in [0.717, 1.165) is 22.7 Å². The lowest BCUT2D eigenvalue weighted by Gasteiger charge is -2.27. The highest BCUT2D eigenvalue weighted by Crippen LogP contribution is 2.35. The Balaban J connectivity index is 1.70. The van der Waals surface area contributed by atoms with Crippen molar-refractivity contribution in [3.63, 3.8) is 0 Å². The van der Waals surface area contributed by atoms with Gasteiger partial charge in [-0.15, -0.1) is 0 Å². The Bertz CT molecular complexity index is 1110. The molecule has 0 saturated carbocycles. The molecule has 0 bridgehead atoms. The summed E-state index contributed by atoms with van der Waals surface area (Å²) in [5.74, 6) is 0.785.